The van der Waals surface area contributed by atoms with Crippen LogP contribution >= 0.6 is 0 Å². The van der Waals surface area contributed by atoms with E-state index in [0.717, 1.165) is 22.7 Å². The number of nitrogens with zero attached hydrogens (tertiary/aromatic N) is 1. The molecule has 1 aromatic carbocycles. The number of hydrogen-bond donors (Lipinski definition) is 1. The summed E-state index contributed by atoms with van der Waals surface area (Å²) in [7, 11) is -3.59. The molecule has 0 aliphatic rings. The molecule has 0 aliphatic carbocycles. The molecular formula is C12H15F3N2O3S. The van der Waals surface area contributed by atoms with Gasteiger partial charge in [0.2, 0.25) is 15.9 Å². The van der Waals surface area contributed by atoms with Crippen LogP contribution in [0.5, 0.6) is 0 Å². The van der Waals surface area contributed by atoms with E-state index < -0.39 is 39.9 Å². The summed E-state index contributed by atoms with van der Waals surface area (Å²) in [4.78, 5) is 11.7. The van der Waals surface area contributed by atoms with E-state index in [9.17, 15) is 26.4 Å². The number of para-hydroxylation sites is 1. The first-order valence-corrected chi connectivity index (χ1v) is 7.81. The van der Waals surface area contributed by atoms with Gasteiger partial charge in [0, 0.05) is 6.54 Å². The van der Waals surface area contributed by atoms with Crippen LogP contribution in [0.4, 0.5) is 18.9 Å². The Labute approximate surface area is 120 Å². The van der Waals surface area contributed by atoms with E-state index in [1.165, 1.54) is 19.1 Å². The fraction of sp³-hybridized carbons (Fsp3) is 0.417. The fourth-order valence-corrected chi connectivity index (χ4v) is 2.47. The van der Waals surface area contributed by atoms with Crippen molar-refractivity contribution < 1.29 is 26.4 Å². The van der Waals surface area contributed by atoms with Gasteiger partial charge in [-0.2, -0.15) is 17.5 Å². The number of likely N-dealkylation sites (N-methyl/N-ethyl adjacent to an activating group) is 1. The lowest BCUT2D eigenvalue weighted by Gasteiger charge is -2.18. The highest BCUT2D eigenvalue weighted by molar-refractivity contribution is 7.88. The molecule has 0 aliphatic heterocycles. The van der Waals surface area contributed by atoms with Gasteiger partial charge in [-0.3, -0.25) is 4.79 Å². The molecule has 21 heavy (non-hydrogen) atoms. The molecule has 0 radical (unpaired) electrons. The van der Waals surface area contributed by atoms with E-state index in [0.29, 0.717) is 0 Å². The molecule has 0 saturated heterocycles. The Morgan fingerprint density at radius 2 is 1.86 bits per heavy atom. The maximum Gasteiger partial charge on any atom is 0.418 e. The standard InChI is InChI=1S/C12H15F3N2O3S/c1-3-17(21(2,19)20)8-11(18)16-10-7-5-4-6-9(10)12(13,14)15/h4-7H,3,8H2,1-2H3,(H,16,18). The van der Waals surface area contributed by atoms with Crippen LogP contribution in [0.3, 0.4) is 0 Å². The van der Waals surface area contributed by atoms with E-state index in [1.807, 2.05) is 0 Å². The zero-order valence-corrected chi connectivity index (χ0v) is 12.3. The largest absolute Gasteiger partial charge is 0.418 e. The molecule has 0 aromatic heterocycles. The molecule has 118 valence electrons. The van der Waals surface area contributed by atoms with Crippen LogP contribution < -0.4 is 5.32 Å². The Hall–Kier alpha value is -1.61. The zero-order chi connectivity index (χ0) is 16.3. The van der Waals surface area contributed by atoms with Crippen LogP contribution in [-0.4, -0.2) is 38.0 Å². The summed E-state index contributed by atoms with van der Waals surface area (Å²) in [6.07, 6.45) is -3.68. The minimum atomic E-state index is -4.61. The zero-order valence-electron chi connectivity index (χ0n) is 11.4. The van der Waals surface area contributed by atoms with Crippen LogP contribution in [-0.2, 0) is 21.0 Å². The number of benzene rings is 1. The SMILES string of the molecule is CCN(CC(=O)Nc1ccccc1C(F)(F)F)S(C)(=O)=O. The van der Waals surface area contributed by atoms with Crippen molar-refractivity contribution in [2.24, 2.45) is 0 Å². The quantitative estimate of drug-likeness (QED) is 0.900. The summed E-state index contributed by atoms with van der Waals surface area (Å²) >= 11 is 0. The second-order valence-electron chi connectivity index (χ2n) is 4.28. The number of rotatable bonds is 5. The molecule has 1 aromatic rings. The molecule has 0 heterocycles. The summed E-state index contributed by atoms with van der Waals surface area (Å²) in [5.74, 6) is -0.834. The van der Waals surface area contributed by atoms with Crippen molar-refractivity contribution in [3.63, 3.8) is 0 Å². The van der Waals surface area contributed by atoms with Gasteiger partial charge in [0.05, 0.1) is 24.1 Å². The van der Waals surface area contributed by atoms with Crippen LogP contribution in [0, 0.1) is 0 Å². The lowest BCUT2D eigenvalue weighted by Crippen LogP contribution is -2.37. The van der Waals surface area contributed by atoms with Crippen molar-refractivity contribution in [1.29, 1.82) is 0 Å². The molecule has 0 bridgehead atoms. The van der Waals surface area contributed by atoms with Gasteiger partial charge < -0.3 is 5.32 Å². The van der Waals surface area contributed by atoms with Gasteiger partial charge in [0.25, 0.3) is 0 Å². The number of sulfonamides is 1. The highest BCUT2D eigenvalue weighted by Crippen LogP contribution is 2.34. The number of amides is 1. The molecule has 5 nitrogen and oxygen atoms in total. The molecule has 0 fully saturated rings. The minimum Gasteiger partial charge on any atom is -0.324 e. The highest BCUT2D eigenvalue weighted by Gasteiger charge is 2.33. The predicted molar refractivity (Wildman–Crippen MR) is 72.2 cm³/mol. The normalized spacial score (nSPS) is 12.5. The number of alkyl halides is 3. The van der Waals surface area contributed by atoms with Crippen molar-refractivity contribution in [2.45, 2.75) is 13.1 Å². The minimum absolute atomic E-state index is 0.0488. The molecule has 0 saturated carbocycles. The summed E-state index contributed by atoms with van der Waals surface area (Å²) in [6.45, 7) is 1.03. The van der Waals surface area contributed by atoms with Gasteiger partial charge in [-0.15, -0.1) is 0 Å². The molecule has 0 unspecified atom stereocenters. The van der Waals surface area contributed by atoms with Crippen molar-refractivity contribution in [3.8, 4) is 0 Å². The smallest absolute Gasteiger partial charge is 0.324 e. The van der Waals surface area contributed by atoms with Crippen molar-refractivity contribution >= 4 is 21.6 Å². The van der Waals surface area contributed by atoms with Crippen molar-refractivity contribution in [2.75, 3.05) is 24.7 Å². The molecule has 1 rings (SSSR count). The monoisotopic (exact) mass is 324 g/mol. The molecule has 1 amide bonds. The maximum atomic E-state index is 12.8. The lowest BCUT2D eigenvalue weighted by molar-refractivity contribution is -0.137. The third kappa shape index (κ3) is 5.01. The molecule has 0 atom stereocenters. The first-order valence-electron chi connectivity index (χ1n) is 5.97. The van der Waals surface area contributed by atoms with Gasteiger partial charge in [-0.05, 0) is 12.1 Å². The fourth-order valence-electron chi connectivity index (χ4n) is 1.65. The Bertz CT molecular complexity index is 614. The van der Waals surface area contributed by atoms with Gasteiger partial charge in [-0.25, -0.2) is 8.42 Å². The Kier molecular flexibility index (Phi) is 5.35. The number of carbonyl (C=O) groups is 1. The summed E-state index contributed by atoms with van der Waals surface area (Å²) in [6, 6.07) is 4.49. The van der Waals surface area contributed by atoms with Gasteiger partial charge in [0.1, 0.15) is 0 Å². The molecular weight excluding hydrogens is 309 g/mol. The second kappa shape index (κ2) is 6.44. The third-order valence-corrected chi connectivity index (χ3v) is 3.97. The topological polar surface area (TPSA) is 66.5 Å². The molecule has 0 spiro atoms. The summed E-state index contributed by atoms with van der Waals surface area (Å²) in [5, 5.41) is 2.09. The Balaban J connectivity index is 2.90. The van der Waals surface area contributed by atoms with Crippen molar-refractivity contribution in [1.82, 2.24) is 4.31 Å². The number of halogens is 3. The van der Waals surface area contributed by atoms with Gasteiger partial charge in [-0.1, -0.05) is 19.1 Å². The van der Waals surface area contributed by atoms with E-state index in [1.54, 1.807) is 0 Å². The average Bonchev–Trinajstić information content (AvgIpc) is 2.34. The summed E-state index contributed by atoms with van der Waals surface area (Å²) in [5.41, 5.74) is -1.39. The number of anilines is 1. The van der Waals surface area contributed by atoms with Gasteiger partial charge in [0.15, 0.2) is 0 Å². The molecule has 9 heteroatoms. The van der Waals surface area contributed by atoms with Crippen molar-refractivity contribution in [3.05, 3.63) is 29.8 Å². The number of carbonyl (C=O) groups excluding carboxylic acids is 1. The van der Waals surface area contributed by atoms with Crippen LogP contribution in [0.1, 0.15) is 12.5 Å². The third-order valence-electron chi connectivity index (χ3n) is 2.65. The Morgan fingerprint density at radius 3 is 2.33 bits per heavy atom. The second-order valence-corrected chi connectivity index (χ2v) is 6.26. The average molecular weight is 324 g/mol. The number of hydrogen-bond acceptors (Lipinski definition) is 3. The van der Waals surface area contributed by atoms with E-state index in [4.69, 9.17) is 0 Å². The van der Waals surface area contributed by atoms with E-state index in [2.05, 4.69) is 5.32 Å². The van der Waals surface area contributed by atoms with Crippen LogP contribution in [0.25, 0.3) is 0 Å². The van der Waals surface area contributed by atoms with Crippen LogP contribution in [0.15, 0.2) is 24.3 Å². The van der Waals surface area contributed by atoms with Gasteiger partial charge >= 0.3 is 6.18 Å². The highest BCUT2D eigenvalue weighted by atomic mass is 32.2. The first-order chi connectivity index (χ1) is 9.55. The number of nitrogens with one attached hydrogen (secondary N) is 1. The first kappa shape index (κ1) is 17.4. The van der Waals surface area contributed by atoms with E-state index in [-0.39, 0.29) is 6.54 Å². The van der Waals surface area contributed by atoms with Crippen LogP contribution in [0.2, 0.25) is 0 Å². The lowest BCUT2D eigenvalue weighted by atomic mass is 10.1. The Morgan fingerprint density at radius 1 is 1.29 bits per heavy atom. The van der Waals surface area contributed by atoms with E-state index >= 15 is 0 Å². The summed E-state index contributed by atoms with van der Waals surface area (Å²) < 4.78 is 61.8. The molecule has 1 N–H and O–H groups in total. The predicted octanol–water partition coefficient (Wildman–Crippen LogP) is 1.93. The maximum absolute atomic E-state index is 12.8.